The van der Waals surface area contributed by atoms with Crippen LogP contribution in [0, 0.1) is 19.8 Å². The van der Waals surface area contributed by atoms with Gasteiger partial charge in [-0.3, -0.25) is 10.1 Å². The molecule has 136 valence electrons. The molecule has 3 amide bonds. The third-order valence-corrected chi connectivity index (χ3v) is 4.76. The summed E-state index contributed by atoms with van der Waals surface area (Å²) in [7, 11) is 0. The SMILES string of the molecule is Cc1ccc(C(=O)OCC(=O)NC(=O)N[C@@H]2CCCC[C@@H]2C)cc1C. The molecule has 1 fully saturated rings. The van der Waals surface area contributed by atoms with Gasteiger partial charge >= 0.3 is 12.0 Å². The molecule has 25 heavy (non-hydrogen) atoms. The first-order valence-corrected chi connectivity index (χ1v) is 8.71. The fraction of sp³-hybridized carbons (Fsp3) is 0.526. The van der Waals surface area contributed by atoms with Crippen LogP contribution in [0.5, 0.6) is 0 Å². The van der Waals surface area contributed by atoms with E-state index in [1.54, 1.807) is 12.1 Å². The summed E-state index contributed by atoms with van der Waals surface area (Å²) in [6.07, 6.45) is 4.25. The highest BCUT2D eigenvalue weighted by Gasteiger charge is 2.23. The quantitative estimate of drug-likeness (QED) is 0.821. The van der Waals surface area contributed by atoms with E-state index in [4.69, 9.17) is 4.74 Å². The number of carbonyl (C=O) groups excluding carboxylic acids is 3. The highest BCUT2D eigenvalue weighted by atomic mass is 16.5. The second-order valence-corrected chi connectivity index (χ2v) is 6.77. The number of carbonyl (C=O) groups is 3. The molecule has 1 aromatic rings. The summed E-state index contributed by atoms with van der Waals surface area (Å²) in [6.45, 7) is 5.45. The Morgan fingerprint density at radius 3 is 2.52 bits per heavy atom. The van der Waals surface area contributed by atoms with E-state index in [2.05, 4.69) is 17.6 Å². The van der Waals surface area contributed by atoms with Gasteiger partial charge in [0.05, 0.1) is 5.56 Å². The first-order chi connectivity index (χ1) is 11.9. The van der Waals surface area contributed by atoms with Crippen molar-refractivity contribution >= 4 is 17.9 Å². The van der Waals surface area contributed by atoms with Crippen molar-refractivity contribution in [2.45, 2.75) is 52.5 Å². The first-order valence-electron chi connectivity index (χ1n) is 8.71. The Morgan fingerprint density at radius 2 is 1.84 bits per heavy atom. The number of amides is 3. The van der Waals surface area contributed by atoms with Gasteiger partial charge in [-0.1, -0.05) is 25.8 Å². The van der Waals surface area contributed by atoms with E-state index in [9.17, 15) is 14.4 Å². The van der Waals surface area contributed by atoms with Gasteiger partial charge in [0.15, 0.2) is 6.61 Å². The minimum atomic E-state index is -0.641. The zero-order valence-electron chi connectivity index (χ0n) is 15.1. The fourth-order valence-electron chi connectivity index (χ4n) is 2.98. The molecule has 0 bridgehead atoms. The smallest absolute Gasteiger partial charge is 0.338 e. The molecule has 2 atom stereocenters. The first kappa shape index (κ1) is 19.0. The monoisotopic (exact) mass is 346 g/mol. The number of nitrogens with one attached hydrogen (secondary N) is 2. The lowest BCUT2D eigenvalue weighted by molar-refractivity contribution is -0.123. The number of hydrogen-bond donors (Lipinski definition) is 2. The second kappa shape index (κ2) is 8.65. The summed E-state index contributed by atoms with van der Waals surface area (Å²) in [5.74, 6) is -0.824. The Bertz CT molecular complexity index is 657. The molecular formula is C19H26N2O4. The van der Waals surface area contributed by atoms with Crippen LogP contribution in [0.15, 0.2) is 18.2 Å². The van der Waals surface area contributed by atoms with Crippen LogP contribution in [-0.4, -0.2) is 30.6 Å². The van der Waals surface area contributed by atoms with E-state index in [0.29, 0.717) is 11.5 Å². The highest BCUT2D eigenvalue weighted by Crippen LogP contribution is 2.23. The maximum atomic E-state index is 12.0. The van der Waals surface area contributed by atoms with Gasteiger partial charge in [-0.15, -0.1) is 0 Å². The van der Waals surface area contributed by atoms with Crippen LogP contribution in [-0.2, 0) is 9.53 Å². The Kier molecular flexibility index (Phi) is 6.56. The molecule has 2 N–H and O–H groups in total. The van der Waals surface area contributed by atoms with Crippen LogP contribution in [0.2, 0.25) is 0 Å². The average Bonchev–Trinajstić information content (AvgIpc) is 2.57. The lowest BCUT2D eigenvalue weighted by Gasteiger charge is -2.29. The number of urea groups is 1. The molecule has 1 aromatic carbocycles. The van der Waals surface area contributed by atoms with Crippen molar-refractivity contribution in [3.05, 3.63) is 34.9 Å². The van der Waals surface area contributed by atoms with Crippen LogP contribution in [0.3, 0.4) is 0 Å². The minimum absolute atomic E-state index is 0.0830. The zero-order chi connectivity index (χ0) is 18.4. The van der Waals surface area contributed by atoms with Crippen molar-refractivity contribution in [1.29, 1.82) is 0 Å². The summed E-state index contributed by atoms with van der Waals surface area (Å²) in [6, 6.07) is 4.74. The maximum Gasteiger partial charge on any atom is 0.338 e. The second-order valence-electron chi connectivity index (χ2n) is 6.77. The van der Waals surface area contributed by atoms with E-state index in [-0.39, 0.29) is 6.04 Å². The Labute approximate surface area is 148 Å². The summed E-state index contributed by atoms with van der Waals surface area (Å²) < 4.78 is 4.97. The van der Waals surface area contributed by atoms with Crippen molar-refractivity contribution in [1.82, 2.24) is 10.6 Å². The van der Waals surface area contributed by atoms with Crippen LogP contribution >= 0.6 is 0 Å². The highest BCUT2D eigenvalue weighted by molar-refractivity contribution is 5.97. The van der Waals surface area contributed by atoms with E-state index in [0.717, 1.165) is 30.4 Å². The van der Waals surface area contributed by atoms with Gasteiger partial charge in [-0.25, -0.2) is 9.59 Å². The standard InChI is InChI=1S/C19H26N2O4/c1-12-8-9-15(10-14(12)3)18(23)25-11-17(22)21-19(24)20-16-7-5-4-6-13(16)2/h8-10,13,16H,4-7,11H2,1-3H3,(H2,20,21,22,24)/t13-,16+/m0/s1. The molecule has 1 saturated carbocycles. The topological polar surface area (TPSA) is 84.5 Å². The van der Waals surface area contributed by atoms with Crippen LogP contribution in [0.1, 0.15) is 54.1 Å². The van der Waals surface area contributed by atoms with Crippen molar-refractivity contribution in [2.24, 2.45) is 5.92 Å². The molecule has 0 unspecified atom stereocenters. The van der Waals surface area contributed by atoms with Crippen molar-refractivity contribution < 1.29 is 19.1 Å². The molecule has 0 aliphatic heterocycles. The number of aryl methyl sites for hydroxylation is 2. The van der Waals surface area contributed by atoms with E-state index < -0.39 is 24.5 Å². The van der Waals surface area contributed by atoms with Crippen molar-refractivity contribution in [3.8, 4) is 0 Å². The van der Waals surface area contributed by atoms with Gasteiger partial charge in [0.2, 0.25) is 0 Å². The van der Waals surface area contributed by atoms with Crippen LogP contribution < -0.4 is 10.6 Å². The molecule has 6 heteroatoms. The van der Waals surface area contributed by atoms with Crippen LogP contribution in [0.4, 0.5) is 4.79 Å². The average molecular weight is 346 g/mol. The summed E-state index contributed by atoms with van der Waals surface area (Å²) >= 11 is 0. The largest absolute Gasteiger partial charge is 0.452 e. The maximum absolute atomic E-state index is 12.0. The third kappa shape index (κ3) is 5.59. The molecule has 2 rings (SSSR count). The molecule has 0 aromatic heterocycles. The summed E-state index contributed by atoms with van der Waals surface area (Å²) in [4.78, 5) is 35.6. The summed E-state index contributed by atoms with van der Waals surface area (Å²) in [5, 5.41) is 5.03. The lowest BCUT2D eigenvalue weighted by Crippen LogP contribution is -2.48. The molecule has 0 radical (unpaired) electrons. The number of hydrogen-bond acceptors (Lipinski definition) is 4. The van der Waals surface area contributed by atoms with Gasteiger partial charge in [0, 0.05) is 6.04 Å². The minimum Gasteiger partial charge on any atom is -0.452 e. The van der Waals surface area contributed by atoms with Crippen molar-refractivity contribution in [3.63, 3.8) is 0 Å². The number of rotatable bonds is 4. The molecule has 1 aliphatic carbocycles. The van der Waals surface area contributed by atoms with Gasteiger partial charge in [-0.2, -0.15) is 0 Å². The summed E-state index contributed by atoms with van der Waals surface area (Å²) in [5.41, 5.74) is 2.43. The van der Waals surface area contributed by atoms with Gasteiger partial charge in [0.1, 0.15) is 0 Å². The zero-order valence-corrected chi connectivity index (χ0v) is 15.1. The predicted molar refractivity (Wildman–Crippen MR) is 94.3 cm³/mol. The molecule has 0 saturated heterocycles. The normalized spacial score (nSPS) is 19.8. The molecular weight excluding hydrogens is 320 g/mol. The number of esters is 1. The van der Waals surface area contributed by atoms with E-state index in [1.165, 1.54) is 6.42 Å². The third-order valence-electron chi connectivity index (χ3n) is 4.76. The van der Waals surface area contributed by atoms with Crippen molar-refractivity contribution in [2.75, 3.05) is 6.61 Å². The molecule has 0 heterocycles. The van der Waals surface area contributed by atoms with E-state index >= 15 is 0 Å². The Balaban J connectivity index is 1.76. The van der Waals surface area contributed by atoms with Gasteiger partial charge in [0.25, 0.3) is 5.91 Å². The number of ether oxygens (including phenoxy) is 1. The number of benzene rings is 1. The van der Waals surface area contributed by atoms with Crippen LogP contribution in [0.25, 0.3) is 0 Å². The lowest BCUT2D eigenvalue weighted by atomic mass is 9.86. The van der Waals surface area contributed by atoms with Gasteiger partial charge in [-0.05, 0) is 55.9 Å². The Hall–Kier alpha value is -2.37. The predicted octanol–water partition coefficient (Wildman–Crippen LogP) is 2.86. The molecule has 0 spiro atoms. The Morgan fingerprint density at radius 1 is 1.12 bits per heavy atom. The molecule has 6 nitrogen and oxygen atoms in total. The fourth-order valence-corrected chi connectivity index (χ4v) is 2.98. The molecule has 1 aliphatic rings. The van der Waals surface area contributed by atoms with E-state index in [1.807, 2.05) is 19.9 Å². The van der Waals surface area contributed by atoms with Gasteiger partial charge < -0.3 is 10.1 Å². The number of imide groups is 1.